The van der Waals surface area contributed by atoms with E-state index in [4.69, 9.17) is 5.73 Å². The zero-order valence-electron chi connectivity index (χ0n) is 12.1. The maximum atomic E-state index is 10.1. The van der Waals surface area contributed by atoms with Gasteiger partial charge in [0.2, 0.25) is 5.13 Å². The Morgan fingerprint density at radius 1 is 1.43 bits per heavy atom. The highest BCUT2D eigenvalue weighted by Gasteiger charge is 2.05. The molecular formula is C14H19N5OS. The molecule has 0 aliphatic carbocycles. The van der Waals surface area contributed by atoms with Crippen LogP contribution in [0.15, 0.2) is 28.7 Å². The third kappa shape index (κ3) is 3.85. The maximum Gasteiger partial charge on any atom is 0.205 e. The number of hydrogen-bond donors (Lipinski definition) is 3. The third-order valence-electron chi connectivity index (χ3n) is 3.03. The Morgan fingerprint density at radius 2 is 2.19 bits per heavy atom. The highest BCUT2D eigenvalue weighted by atomic mass is 32.1. The van der Waals surface area contributed by atoms with E-state index in [0.717, 1.165) is 18.8 Å². The number of benzene rings is 1. The van der Waals surface area contributed by atoms with Gasteiger partial charge in [-0.25, -0.2) is 4.98 Å². The fraction of sp³-hybridized carbons (Fsp3) is 0.286. The number of nitrogens with two attached hydrogens (primary N) is 1. The van der Waals surface area contributed by atoms with Crippen molar-refractivity contribution in [1.82, 2.24) is 4.98 Å². The summed E-state index contributed by atoms with van der Waals surface area (Å²) in [5.74, 6) is 0.660. The lowest BCUT2D eigenvalue weighted by molar-refractivity contribution is 0.474. The van der Waals surface area contributed by atoms with Crippen LogP contribution in [0.2, 0.25) is 0 Å². The number of hydrazone groups is 1. The Morgan fingerprint density at radius 3 is 2.76 bits per heavy atom. The van der Waals surface area contributed by atoms with E-state index in [9.17, 15) is 5.11 Å². The molecule has 0 unspecified atom stereocenters. The van der Waals surface area contributed by atoms with Crippen molar-refractivity contribution in [3.63, 3.8) is 0 Å². The normalized spacial score (nSPS) is 11.0. The molecule has 4 N–H and O–H groups in total. The minimum atomic E-state index is 0.198. The van der Waals surface area contributed by atoms with Crippen molar-refractivity contribution in [3.05, 3.63) is 29.1 Å². The Hall–Kier alpha value is -2.28. The number of aromatic nitrogens is 1. The summed E-state index contributed by atoms with van der Waals surface area (Å²) in [7, 11) is 0. The van der Waals surface area contributed by atoms with Gasteiger partial charge in [-0.3, -0.25) is 5.43 Å². The van der Waals surface area contributed by atoms with Crippen molar-refractivity contribution in [1.29, 1.82) is 0 Å². The molecule has 0 atom stereocenters. The number of nitrogens with one attached hydrogen (secondary N) is 1. The first kappa shape index (κ1) is 15.1. The zero-order valence-corrected chi connectivity index (χ0v) is 12.9. The number of hydrogen-bond acceptors (Lipinski definition) is 7. The van der Waals surface area contributed by atoms with Crippen LogP contribution in [0.25, 0.3) is 0 Å². The second kappa shape index (κ2) is 6.94. The predicted molar refractivity (Wildman–Crippen MR) is 89.4 cm³/mol. The van der Waals surface area contributed by atoms with Crippen LogP contribution in [0.4, 0.5) is 16.6 Å². The predicted octanol–water partition coefficient (Wildman–Crippen LogP) is 2.72. The van der Waals surface area contributed by atoms with E-state index in [2.05, 4.69) is 34.3 Å². The third-order valence-corrected chi connectivity index (χ3v) is 3.79. The van der Waals surface area contributed by atoms with Crippen LogP contribution in [-0.4, -0.2) is 29.4 Å². The largest absolute Gasteiger partial charge is 0.507 e. The second-order valence-corrected chi connectivity index (χ2v) is 5.22. The average molecular weight is 305 g/mol. The van der Waals surface area contributed by atoms with Crippen molar-refractivity contribution in [2.45, 2.75) is 13.8 Å². The van der Waals surface area contributed by atoms with Gasteiger partial charge in [-0.2, -0.15) is 5.10 Å². The van der Waals surface area contributed by atoms with Crippen molar-refractivity contribution < 1.29 is 5.11 Å². The lowest BCUT2D eigenvalue weighted by atomic mass is 10.2. The Labute approximate surface area is 127 Å². The molecule has 0 fully saturated rings. The number of nitrogens with zero attached hydrogens (tertiary/aromatic N) is 3. The Bertz CT molecular complexity index is 622. The summed E-state index contributed by atoms with van der Waals surface area (Å²) in [6.45, 7) is 5.96. The van der Waals surface area contributed by atoms with Gasteiger partial charge < -0.3 is 15.7 Å². The average Bonchev–Trinajstić information content (AvgIpc) is 2.88. The van der Waals surface area contributed by atoms with E-state index in [1.54, 1.807) is 17.7 Å². The number of nitrogen functional groups attached to an aromatic ring is 1. The molecule has 1 aromatic carbocycles. The standard InChI is InChI=1S/C14H19N5OS/c1-3-19(4-2)11-6-5-10(12(20)7-11)8-16-18-14-17-13(15)9-21-14/h5-9,20H,3-4,15H2,1-2H3,(H,17,18). The SMILES string of the molecule is CCN(CC)c1ccc(C=NNc2nc(N)cs2)c(O)c1. The lowest BCUT2D eigenvalue weighted by Gasteiger charge is -2.21. The van der Waals surface area contributed by atoms with Crippen molar-refractivity contribution >= 4 is 34.2 Å². The Kier molecular flexibility index (Phi) is 4.99. The molecule has 2 rings (SSSR count). The number of aromatic hydroxyl groups is 1. The maximum absolute atomic E-state index is 10.1. The van der Waals surface area contributed by atoms with Crippen LogP contribution in [0.1, 0.15) is 19.4 Å². The van der Waals surface area contributed by atoms with Gasteiger partial charge in [0.15, 0.2) is 0 Å². The summed E-state index contributed by atoms with van der Waals surface area (Å²) < 4.78 is 0. The number of rotatable bonds is 6. The molecule has 112 valence electrons. The number of anilines is 3. The fourth-order valence-corrected chi connectivity index (χ4v) is 2.47. The van der Waals surface area contributed by atoms with Gasteiger partial charge in [-0.1, -0.05) is 0 Å². The van der Waals surface area contributed by atoms with Crippen molar-refractivity contribution in [3.8, 4) is 5.75 Å². The highest BCUT2D eigenvalue weighted by molar-refractivity contribution is 7.14. The van der Waals surface area contributed by atoms with E-state index in [0.29, 0.717) is 16.5 Å². The molecule has 0 saturated carbocycles. The van der Waals surface area contributed by atoms with Crippen molar-refractivity contribution in [2.75, 3.05) is 29.1 Å². The molecule has 2 aromatic rings. The lowest BCUT2D eigenvalue weighted by Crippen LogP contribution is -2.21. The van der Waals surface area contributed by atoms with Crippen molar-refractivity contribution in [2.24, 2.45) is 5.10 Å². The first-order valence-electron chi connectivity index (χ1n) is 6.72. The summed E-state index contributed by atoms with van der Waals surface area (Å²) in [5, 5.41) is 16.4. The summed E-state index contributed by atoms with van der Waals surface area (Å²) in [6.07, 6.45) is 1.55. The van der Waals surface area contributed by atoms with Gasteiger partial charge in [-0.15, -0.1) is 11.3 Å². The minimum absolute atomic E-state index is 0.198. The monoisotopic (exact) mass is 305 g/mol. The molecule has 0 aliphatic rings. The minimum Gasteiger partial charge on any atom is -0.507 e. The van der Waals surface area contributed by atoms with Gasteiger partial charge in [0, 0.05) is 35.8 Å². The molecule has 7 heteroatoms. The first-order chi connectivity index (χ1) is 10.1. The zero-order chi connectivity index (χ0) is 15.2. The Balaban J connectivity index is 2.06. The van der Waals surface area contributed by atoms with Gasteiger partial charge in [-0.05, 0) is 26.0 Å². The number of phenols is 1. The smallest absolute Gasteiger partial charge is 0.205 e. The van der Waals surface area contributed by atoms with Gasteiger partial charge in [0.1, 0.15) is 11.6 Å². The quantitative estimate of drug-likeness (QED) is 0.564. The van der Waals surface area contributed by atoms with Crippen LogP contribution in [0.3, 0.4) is 0 Å². The van der Waals surface area contributed by atoms with Crippen LogP contribution >= 0.6 is 11.3 Å². The molecule has 0 radical (unpaired) electrons. The molecule has 21 heavy (non-hydrogen) atoms. The summed E-state index contributed by atoms with van der Waals surface area (Å²) in [5.41, 5.74) is 9.93. The molecule has 1 heterocycles. The fourth-order valence-electron chi connectivity index (χ4n) is 1.92. The van der Waals surface area contributed by atoms with Gasteiger partial charge in [0.05, 0.1) is 6.21 Å². The van der Waals surface area contributed by atoms with Gasteiger partial charge >= 0.3 is 0 Å². The topological polar surface area (TPSA) is 86.8 Å². The molecular weight excluding hydrogens is 286 g/mol. The molecule has 0 amide bonds. The van der Waals surface area contributed by atoms with E-state index in [1.165, 1.54) is 11.3 Å². The molecule has 0 spiro atoms. The summed E-state index contributed by atoms with van der Waals surface area (Å²) >= 11 is 1.37. The van der Waals surface area contributed by atoms with E-state index >= 15 is 0 Å². The highest BCUT2D eigenvalue weighted by Crippen LogP contribution is 2.23. The molecule has 0 bridgehead atoms. The summed E-state index contributed by atoms with van der Waals surface area (Å²) in [4.78, 5) is 6.19. The van der Waals surface area contributed by atoms with Crippen LogP contribution in [0.5, 0.6) is 5.75 Å². The van der Waals surface area contributed by atoms with E-state index < -0.39 is 0 Å². The molecule has 0 saturated heterocycles. The van der Waals surface area contributed by atoms with E-state index in [1.807, 2.05) is 12.1 Å². The summed E-state index contributed by atoms with van der Waals surface area (Å²) in [6, 6.07) is 5.55. The molecule has 6 nitrogen and oxygen atoms in total. The number of thiazole rings is 1. The number of phenolic OH excluding ortho intramolecular Hbond substituents is 1. The van der Waals surface area contributed by atoms with Crippen LogP contribution in [-0.2, 0) is 0 Å². The second-order valence-electron chi connectivity index (χ2n) is 4.36. The van der Waals surface area contributed by atoms with E-state index in [-0.39, 0.29) is 5.75 Å². The van der Waals surface area contributed by atoms with Crippen LogP contribution in [0, 0.1) is 0 Å². The molecule has 1 aromatic heterocycles. The van der Waals surface area contributed by atoms with Crippen LogP contribution < -0.4 is 16.1 Å². The molecule has 0 aliphatic heterocycles. The van der Waals surface area contributed by atoms with Gasteiger partial charge in [0.25, 0.3) is 0 Å². The first-order valence-corrected chi connectivity index (χ1v) is 7.60.